The van der Waals surface area contributed by atoms with Gasteiger partial charge in [-0.3, -0.25) is 9.59 Å². The monoisotopic (exact) mass is 666 g/mol. The number of phenols is 1. The van der Waals surface area contributed by atoms with Crippen LogP contribution in [0.3, 0.4) is 0 Å². The second kappa shape index (κ2) is 16.4. The van der Waals surface area contributed by atoms with Gasteiger partial charge < -0.3 is 28.9 Å². The fraction of sp³-hybridized carbons (Fsp3) is 0.286. The van der Waals surface area contributed by atoms with Gasteiger partial charge in [0.2, 0.25) is 5.76 Å². The normalized spacial score (nSPS) is 13.0. The maximum atomic E-state index is 12.3. The minimum absolute atomic E-state index is 0.00200. The van der Waals surface area contributed by atoms with Gasteiger partial charge in [-0.2, -0.15) is 0 Å². The number of aromatic carboxylic acids is 1. The number of ketones is 1. The van der Waals surface area contributed by atoms with Crippen molar-refractivity contribution in [2.75, 3.05) is 6.61 Å². The Labute approximate surface area is 275 Å². The molecule has 4 rings (SSSR count). The Balaban J connectivity index is 1.37. The second-order valence-corrected chi connectivity index (χ2v) is 12.1. The Morgan fingerprint density at radius 3 is 2.57 bits per heavy atom. The van der Waals surface area contributed by atoms with Crippen LogP contribution in [0.2, 0.25) is 5.22 Å². The van der Waals surface area contributed by atoms with Gasteiger partial charge in [0, 0.05) is 16.5 Å². The topological polar surface area (TPSA) is 147 Å². The molecule has 0 fully saturated rings. The summed E-state index contributed by atoms with van der Waals surface area (Å²) in [7, 11) is 0. The number of hydrogen-bond donors (Lipinski definition) is 3. The number of benzene rings is 2. The minimum atomic E-state index is -1.34. The van der Waals surface area contributed by atoms with Gasteiger partial charge in [0.25, 0.3) is 0 Å². The van der Waals surface area contributed by atoms with E-state index in [1.807, 2.05) is 31.2 Å². The van der Waals surface area contributed by atoms with Gasteiger partial charge in [0.15, 0.2) is 16.4 Å². The molecular weight excluding hydrogens is 632 g/mol. The number of carbonyl (C=O) groups is 2. The number of unbranched alkanes of at least 4 members (excludes halogenated alkanes) is 2. The van der Waals surface area contributed by atoms with E-state index < -0.39 is 28.5 Å². The highest BCUT2D eigenvalue weighted by molar-refractivity contribution is 8.00. The molecule has 2 atom stereocenters. The summed E-state index contributed by atoms with van der Waals surface area (Å²) in [6.45, 7) is 3.90. The summed E-state index contributed by atoms with van der Waals surface area (Å²) in [4.78, 5) is 36.1. The molecule has 2 unspecified atom stereocenters. The van der Waals surface area contributed by atoms with Crippen LogP contribution in [0.1, 0.15) is 77.9 Å². The van der Waals surface area contributed by atoms with Crippen LogP contribution in [0.5, 0.6) is 11.5 Å². The highest BCUT2D eigenvalue weighted by atomic mass is 35.5. The zero-order valence-corrected chi connectivity index (χ0v) is 27.0. The van der Waals surface area contributed by atoms with E-state index in [0.29, 0.717) is 34.8 Å². The van der Waals surface area contributed by atoms with Gasteiger partial charge in [0.1, 0.15) is 28.9 Å². The van der Waals surface area contributed by atoms with Gasteiger partial charge in [-0.05, 0) is 86.7 Å². The summed E-state index contributed by atoms with van der Waals surface area (Å²) in [6.07, 6.45) is 10.3. The standard InChI is InChI=1S/C35H35ClO9S/c1-3-10-25-27(15-14-23(21(2)37)33(25)39)43-18-9-7-5-4-6-8-11-31(34(40)28-16-17-32(36)45-28)46-22-12-13-24-26(38)20-30(35(41)42)44-29(24)19-22/h4,6,8,11-17,19-20,31,34,39-40H,3,5,7,9-10,18H2,1-2H3,(H,41,42)/b6-4-,11-8+. The van der Waals surface area contributed by atoms with Crippen LogP contribution < -0.4 is 10.2 Å². The summed E-state index contributed by atoms with van der Waals surface area (Å²) in [5, 5.41) is 30.7. The molecule has 4 aromatic rings. The summed E-state index contributed by atoms with van der Waals surface area (Å²) in [5.41, 5.74) is 0.626. The van der Waals surface area contributed by atoms with Crippen molar-refractivity contribution in [2.45, 2.75) is 62.2 Å². The Morgan fingerprint density at radius 2 is 1.87 bits per heavy atom. The average molecular weight is 667 g/mol. The number of Topliss-reactive ketones (excluding diaryl/α,β-unsaturated/α-hetero) is 1. The molecule has 3 N–H and O–H groups in total. The van der Waals surface area contributed by atoms with E-state index in [2.05, 4.69) is 0 Å². The fourth-order valence-corrected chi connectivity index (χ4v) is 5.97. The number of hydrogen-bond acceptors (Lipinski definition) is 9. The Bertz CT molecular complexity index is 1800. The number of carboxylic acids is 1. The molecule has 2 aromatic carbocycles. The molecule has 46 heavy (non-hydrogen) atoms. The first kappa shape index (κ1) is 34.6. The predicted molar refractivity (Wildman–Crippen MR) is 177 cm³/mol. The number of aliphatic hydroxyl groups is 1. The number of ether oxygens (including phenoxy) is 1. The third-order valence-electron chi connectivity index (χ3n) is 7.07. The van der Waals surface area contributed by atoms with Gasteiger partial charge in [-0.15, -0.1) is 11.8 Å². The number of aromatic hydroxyl groups is 1. The SMILES string of the molecule is CCCc1c(OCCCC/C=C\C=C\C(Sc2ccc3c(=O)cc(C(=O)O)oc3c2)C(O)c2ccc(Cl)o2)ccc(C(C)=O)c1O. The number of aliphatic hydroxyl groups excluding tert-OH is 1. The number of halogens is 1. The molecule has 0 aliphatic rings. The highest BCUT2D eigenvalue weighted by Crippen LogP contribution is 2.36. The molecule has 0 spiro atoms. The number of rotatable bonds is 16. The molecule has 0 saturated carbocycles. The van der Waals surface area contributed by atoms with E-state index >= 15 is 0 Å². The van der Waals surface area contributed by atoms with Crippen molar-refractivity contribution >= 4 is 46.1 Å². The van der Waals surface area contributed by atoms with E-state index in [1.165, 1.54) is 18.7 Å². The molecule has 0 amide bonds. The molecule has 2 heterocycles. The zero-order chi connectivity index (χ0) is 33.2. The summed E-state index contributed by atoms with van der Waals surface area (Å²) in [5.74, 6) is -1.11. The number of furan rings is 1. The molecular formula is C35H35ClO9S. The van der Waals surface area contributed by atoms with E-state index in [0.717, 1.165) is 31.7 Å². The van der Waals surface area contributed by atoms with Crippen LogP contribution in [0.4, 0.5) is 0 Å². The smallest absolute Gasteiger partial charge is 0.371 e. The van der Waals surface area contributed by atoms with Crippen molar-refractivity contribution in [3.63, 3.8) is 0 Å². The maximum Gasteiger partial charge on any atom is 0.371 e. The molecule has 2 aromatic heterocycles. The number of phenolic OH excluding ortho intramolecular Hbond substituents is 1. The van der Waals surface area contributed by atoms with Gasteiger partial charge in [0.05, 0.1) is 22.8 Å². The summed E-state index contributed by atoms with van der Waals surface area (Å²) < 4.78 is 16.8. The number of allylic oxidation sites excluding steroid dienone is 3. The molecule has 0 radical (unpaired) electrons. The summed E-state index contributed by atoms with van der Waals surface area (Å²) in [6, 6.07) is 12.2. The van der Waals surface area contributed by atoms with Crippen molar-refractivity contribution in [2.24, 2.45) is 0 Å². The number of fused-ring (bicyclic) bond motifs is 1. The van der Waals surface area contributed by atoms with E-state index in [4.69, 9.17) is 25.2 Å². The Hall–Kier alpha value is -4.25. The number of carbonyl (C=O) groups excluding carboxylic acids is 1. The van der Waals surface area contributed by atoms with Crippen molar-refractivity contribution in [1.29, 1.82) is 0 Å². The third-order valence-corrected chi connectivity index (χ3v) is 8.49. The van der Waals surface area contributed by atoms with Crippen molar-refractivity contribution in [1.82, 2.24) is 0 Å². The van der Waals surface area contributed by atoms with Crippen molar-refractivity contribution < 1.29 is 38.5 Å². The van der Waals surface area contributed by atoms with Crippen LogP contribution in [-0.2, 0) is 6.42 Å². The van der Waals surface area contributed by atoms with Crippen LogP contribution in [0, 0.1) is 0 Å². The first-order valence-electron chi connectivity index (χ1n) is 14.8. The van der Waals surface area contributed by atoms with E-state index in [9.17, 15) is 29.7 Å². The third kappa shape index (κ3) is 8.93. The van der Waals surface area contributed by atoms with Crippen molar-refractivity contribution in [3.05, 3.63) is 111 Å². The van der Waals surface area contributed by atoms with Crippen LogP contribution in [0.25, 0.3) is 11.0 Å². The average Bonchev–Trinajstić information content (AvgIpc) is 3.46. The lowest BCUT2D eigenvalue weighted by Gasteiger charge is -2.18. The number of carboxylic acid groups (broad SMARTS) is 1. The molecule has 9 nitrogen and oxygen atoms in total. The molecule has 0 saturated heterocycles. The van der Waals surface area contributed by atoms with Crippen LogP contribution in [-0.4, -0.2) is 38.9 Å². The Morgan fingerprint density at radius 1 is 1.07 bits per heavy atom. The lowest BCUT2D eigenvalue weighted by atomic mass is 10.0. The largest absolute Gasteiger partial charge is 0.507 e. The first-order valence-corrected chi connectivity index (χ1v) is 16.1. The molecule has 0 aliphatic heterocycles. The van der Waals surface area contributed by atoms with Gasteiger partial charge in [-0.1, -0.05) is 37.6 Å². The van der Waals surface area contributed by atoms with E-state index in [-0.39, 0.29) is 33.5 Å². The highest BCUT2D eigenvalue weighted by Gasteiger charge is 2.23. The van der Waals surface area contributed by atoms with Crippen LogP contribution in [0.15, 0.2) is 91.4 Å². The van der Waals surface area contributed by atoms with Crippen molar-refractivity contribution in [3.8, 4) is 11.5 Å². The lowest BCUT2D eigenvalue weighted by Crippen LogP contribution is -2.12. The first-order chi connectivity index (χ1) is 22.1. The molecule has 11 heteroatoms. The maximum absolute atomic E-state index is 12.3. The predicted octanol–water partition coefficient (Wildman–Crippen LogP) is 8.15. The quantitative estimate of drug-likeness (QED) is 0.0463. The van der Waals surface area contributed by atoms with E-state index in [1.54, 1.807) is 42.5 Å². The minimum Gasteiger partial charge on any atom is -0.507 e. The van der Waals surface area contributed by atoms with Gasteiger partial charge in [-0.25, -0.2) is 4.79 Å². The van der Waals surface area contributed by atoms with Gasteiger partial charge >= 0.3 is 5.97 Å². The Kier molecular flexibility index (Phi) is 12.3. The molecule has 242 valence electrons. The second-order valence-electron chi connectivity index (χ2n) is 10.5. The summed E-state index contributed by atoms with van der Waals surface area (Å²) >= 11 is 7.21. The number of thioether (sulfide) groups is 1. The lowest BCUT2D eigenvalue weighted by molar-refractivity contribution is 0.0662. The van der Waals surface area contributed by atoms with Crippen LogP contribution >= 0.6 is 23.4 Å². The fourth-order valence-electron chi connectivity index (χ4n) is 4.75. The zero-order valence-electron chi connectivity index (χ0n) is 25.4. The molecule has 0 aliphatic carbocycles. The molecule has 0 bridgehead atoms.